The van der Waals surface area contributed by atoms with Crippen molar-refractivity contribution in [2.24, 2.45) is 0 Å². The van der Waals surface area contributed by atoms with E-state index in [1.807, 2.05) is 0 Å². The summed E-state index contributed by atoms with van der Waals surface area (Å²) < 4.78 is 48.7. The number of carbonyl (C=O) groups is 1. The number of halogens is 3. The molecule has 6 heteroatoms. The number of alkyl halides is 3. The van der Waals surface area contributed by atoms with Crippen LogP contribution in [0.2, 0.25) is 0 Å². The molecule has 3 nitrogen and oxygen atoms in total. The molecule has 1 aromatic carbocycles. The van der Waals surface area contributed by atoms with Crippen molar-refractivity contribution in [3.63, 3.8) is 0 Å². The van der Waals surface area contributed by atoms with Crippen LogP contribution >= 0.6 is 0 Å². The molecule has 1 heterocycles. The van der Waals surface area contributed by atoms with Gasteiger partial charge in [-0.1, -0.05) is 0 Å². The summed E-state index contributed by atoms with van der Waals surface area (Å²) in [6.07, 6.45) is -3.98. The third kappa shape index (κ3) is 2.84. The van der Waals surface area contributed by atoms with Crippen LogP contribution in [0.25, 0.3) is 11.3 Å². The normalized spacial score (nSPS) is 11.4. The predicted molar refractivity (Wildman–Crippen MR) is 65.7 cm³/mol. The second-order valence-corrected chi connectivity index (χ2v) is 3.96. The van der Waals surface area contributed by atoms with Crippen LogP contribution in [-0.2, 0) is 6.18 Å². The Hall–Kier alpha value is -2.24. The minimum atomic E-state index is -4.46. The molecular formula is C14H11F3O3. The summed E-state index contributed by atoms with van der Waals surface area (Å²) in [4.78, 5) is 10.6. The number of benzene rings is 1. The van der Waals surface area contributed by atoms with Crippen molar-refractivity contribution in [1.82, 2.24) is 0 Å². The van der Waals surface area contributed by atoms with Gasteiger partial charge in [-0.3, -0.25) is 4.79 Å². The maximum absolute atomic E-state index is 12.7. The van der Waals surface area contributed by atoms with Crippen LogP contribution in [0.15, 0.2) is 34.7 Å². The molecular weight excluding hydrogens is 273 g/mol. The molecule has 0 aliphatic carbocycles. The second kappa shape index (κ2) is 5.40. The Kier molecular flexibility index (Phi) is 3.83. The van der Waals surface area contributed by atoms with E-state index in [2.05, 4.69) is 0 Å². The van der Waals surface area contributed by atoms with Gasteiger partial charge in [-0.05, 0) is 37.3 Å². The molecule has 0 aliphatic heterocycles. The number of carbonyl (C=O) groups excluding carboxylic acids is 1. The summed E-state index contributed by atoms with van der Waals surface area (Å²) in [7, 11) is 0. The van der Waals surface area contributed by atoms with E-state index in [0.29, 0.717) is 12.9 Å². The van der Waals surface area contributed by atoms with Gasteiger partial charge in [0.05, 0.1) is 17.7 Å². The number of furan rings is 1. The zero-order valence-electron chi connectivity index (χ0n) is 10.5. The van der Waals surface area contributed by atoms with Gasteiger partial charge in [0.2, 0.25) is 0 Å². The summed E-state index contributed by atoms with van der Waals surface area (Å²) in [6.45, 7) is 2.03. The monoisotopic (exact) mass is 284 g/mol. The average Bonchev–Trinajstić information content (AvgIpc) is 2.87. The first-order valence-electron chi connectivity index (χ1n) is 5.85. The van der Waals surface area contributed by atoms with E-state index in [-0.39, 0.29) is 22.8 Å². The quantitative estimate of drug-likeness (QED) is 0.791. The summed E-state index contributed by atoms with van der Waals surface area (Å²) in [6, 6.07) is 5.95. The highest BCUT2D eigenvalue weighted by molar-refractivity contribution is 5.74. The highest BCUT2D eigenvalue weighted by Crippen LogP contribution is 2.37. The molecule has 20 heavy (non-hydrogen) atoms. The Morgan fingerprint density at radius 3 is 2.55 bits per heavy atom. The van der Waals surface area contributed by atoms with Crippen LogP contribution < -0.4 is 4.74 Å². The van der Waals surface area contributed by atoms with Gasteiger partial charge in [0.1, 0.15) is 11.5 Å². The van der Waals surface area contributed by atoms with Gasteiger partial charge in [0.15, 0.2) is 12.0 Å². The third-order valence-corrected chi connectivity index (χ3v) is 2.62. The minimum Gasteiger partial charge on any atom is -0.493 e. The van der Waals surface area contributed by atoms with Gasteiger partial charge in [-0.2, -0.15) is 13.2 Å². The average molecular weight is 284 g/mol. The molecule has 0 amide bonds. The summed E-state index contributed by atoms with van der Waals surface area (Å²) in [5.74, 6) is 0.466. The number of hydrogen-bond acceptors (Lipinski definition) is 3. The van der Waals surface area contributed by atoms with Gasteiger partial charge >= 0.3 is 6.18 Å². The summed E-state index contributed by atoms with van der Waals surface area (Å²) >= 11 is 0. The van der Waals surface area contributed by atoms with Crippen LogP contribution in [0.3, 0.4) is 0 Å². The number of rotatable bonds is 4. The Bertz CT molecular complexity index is 614. The topological polar surface area (TPSA) is 39.4 Å². The van der Waals surface area contributed by atoms with E-state index in [0.717, 1.165) is 12.1 Å². The lowest BCUT2D eigenvalue weighted by molar-refractivity contribution is -0.137. The zero-order valence-corrected chi connectivity index (χ0v) is 10.5. The molecule has 0 unspecified atom stereocenters. The lowest BCUT2D eigenvalue weighted by Gasteiger charge is -2.12. The van der Waals surface area contributed by atoms with E-state index in [9.17, 15) is 18.0 Å². The molecule has 0 atom stereocenters. The highest BCUT2D eigenvalue weighted by atomic mass is 19.4. The number of ether oxygens (including phenoxy) is 1. The minimum absolute atomic E-state index is 0.0415. The van der Waals surface area contributed by atoms with Crippen LogP contribution in [0.1, 0.15) is 23.0 Å². The Labute approximate surface area is 113 Å². The Balaban J connectivity index is 2.54. The van der Waals surface area contributed by atoms with E-state index >= 15 is 0 Å². The molecule has 0 N–H and O–H groups in total. The van der Waals surface area contributed by atoms with E-state index < -0.39 is 11.7 Å². The molecule has 0 saturated heterocycles. The van der Waals surface area contributed by atoms with Crippen molar-refractivity contribution in [2.45, 2.75) is 13.1 Å². The van der Waals surface area contributed by atoms with Crippen LogP contribution in [-0.4, -0.2) is 12.9 Å². The van der Waals surface area contributed by atoms with Crippen LogP contribution in [0.4, 0.5) is 13.2 Å². The molecule has 0 radical (unpaired) electrons. The predicted octanol–water partition coefficient (Wildman–Crippen LogP) is 4.18. The smallest absolute Gasteiger partial charge is 0.416 e. The van der Waals surface area contributed by atoms with Gasteiger partial charge in [-0.15, -0.1) is 0 Å². The number of aldehydes is 1. The first-order chi connectivity index (χ1) is 9.45. The SMILES string of the molecule is CCOc1ccc(C(F)(F)F)cc1-c1ccc(C=O)o1. The molecule has 2 rings (SSSR count). The standard InChI is InChI=1S/C14H11F3O3/c1-2-19-12-5-3-9(14(15,16)17)7-11(12)13-6-4-10(8-18)20-13/h3-8H,2H2,1H3. The summed E-state index contributed by atoms with van der Waals surface area (Å²) in [5, 5.41) is 0. The molecule has 1 aromatic heterocycles. The number of hydrogen-bond donors (Lipinski definition) is 0. The molecule has 0 bridgehead atoms. The first kappa shape index (κ1) is 14.2. The lowest BCUT2D eigenvalue weighted by atomic mass is 10.1. The van der Waals surface area contributed by atoms with Crippen LogP contribution in [0.5, 0.6) is 5.75 Å². The zero-order chi connectivity index (χ0) is 14.8. The van der Waals surface area contributed by atoms with Gasteiger partial charge in [-0.25, -0.2) is 0 Å². The van der Waals surface area contributed by atoms with Gasteiger partial charge in [0.25, 0.3) is 0 Å². The third-order valence-electron chi connectivity index (χ3n) is 2.62. The van der Waals surface area contributed by atoms with E-state index in [1.54, 1.807) is 6.92 Å². The Morgan fingerprint density at radius 2 is 2.00 bits per heavy atom. The molecule has 0 saturated carbocycles. The molecule has 106 valence electrons. The highest BCUT2D eigenvalue weighted by Gasteiger charge is 2.31. The maximum Gasteiger partial charge on any atom is 0.416 e. The second-order valence-electron chi connectivity index (χ2n) is 3.96. The molecule has 2 aromatic rings. The van der Waals surface area contributed by atoms with E-state index in [4.69, 9.17) is 9.15 Å². The lowest BCUT2D eigenvalue weighted by Crippen LogP contribution is -2.05. The largest absolute Gasteiger partial charge is 0.493 e. The fraction of sp³-hybridized carbons (Fsp3) is 0.214. The molecule has 0 spiro atoms. The van der Waals surface area contributed by atoms with Gasteiger partial charge < -0.3 is 9.15 Å². The molecule has 0 aliphatic rings. The fourth-order valence-corrected chi connectivity index (χ4v) is 1.74. The van der Waals surface area contributed by atoms with Crippen molar-refractivity contribution in [3.8, 4) is 17.1 Å². The maximum atomic E-state index is 12.7. The van der Waals surface area contributed by atoms with Gasteiger partial charge in [0, 0.05) is 0 Å². The van der Waals surface area contributed by atoms with Crippen molar-refractivity contribution in [2.75, 3.05) is 6.61 Å². The van der Waals surface area contributed by atoms with Crippen molar-refractivity contribution < 1.29 is 27.1 Å². The van der Waals surface area contributed by atoms with Crippen molar-refractivity contribution in [1.29, 1.82) is 0 Å². The van der Waals surface area contributed by atoms with Crippen LogP contribution in [0, 0.1) is 0 Å². The fourth-order valence-electron chi connectivity index (χ4n) is 1.74. The summed E-state index contributed by atoms with van der Waals surface area (Å²) in [5.41, 5.74) is -0.644. The van der Waals surface area contributed by atoms with Crippen molar-refractivity contribution >= 4 is 6.29 Å². The van der Waals surface area contributed by atoms with Crippen molar-refractivity contribution in [3.05, 3.63) is 41.7 Å². The first-order valence-corrected chi connectivity index (χ1v) is 5.85. The molecule has 0 fully saturated rings. The Morgan fingerprint density at radius 1 is 1.25 bits per heavy atom. The van der Waals surface area contributed by atoms with E-state index in [1.165, 1.54) is 18.2 Å².